The Bertz CT molecular complexity index is 1280. The molecule has 4 aromatic rings. The molecule has 0 amide bonds. The molecule has 1 N–H and O–H groups in total. The van der Waals surface area contributed by atoms with Gasteiger partial charge in [-0.15, -0.1) is 0 Å². The van der Waals surface area contributed by atoms with Gasteiger partial charge in [0.15, 0.2) is 11.5 Å². The van der Waals surface area contributed by atoms with Gasteiger partial charge >= 0.3 is 6.18 Å². The number of imidazole rings is 1. The van der Waals surface area contributed by atoms with E-state index in [1.807, 2.05) is 6.07 Å². The summed E-state index contributed by atoms with van der Waals surface area (Å²) in [5.41, 5.74) is 1.88. The van der Waals surface area contributed by atoms with E-state index in [1.165, 1.54) is 16.8 Å². The van der Waals surface area contributed by atoms with Crippen LogP contribution in [-0.2, 0) is 9.84 Å². The number of H-pyrrole nitrogens is 1. The molecule has 0 aliphatic carbocycles. The molecule has 0 radical (unpaired) electrons. The van der Waals surface area contributed by atoms with E-state index in [0.29, 0.717) is 22.9 Å². The number of hydrogen-bond acceptors (Lipinski definition) is 6. The molecule has 12 heteroatoms. The van der Waals surface area contributed by atoms with Crippen LogP contribution in [0.4, 0.5) is 13.2 Å². The van der Waals surface area contributed by atoms with E-state index in [4.69, 9.17) is 0 Å². The molecule has 0 saturated heterocycles. The molecule has 0 spiro atoms. The molecular formula is C19H17F3N6O2S. The zero-order chi connectivity index (χ0) is 22.2. The first-order valence-corrected chi connectivity index (χ1v) is 11.2. The third-order valence-electron chi connectivity index (χ3n) is 4.69. The van der Waals surface area contributed by atoms with E-state index >= 15 is 0 Å². The van der Waals surface area contributed by atoms with E-state index in [-0.39, 0.29) is 5.56 Å². The highest BCUT2D eigenvalue weighted by atomic mass is 32.2. The first-order chi connectivity index (χ1) is 14.6. The number of halogens is 3. The summed E-state index contributed by atoms with van der Waals surface area (Å²) in [6, 6.07) is 6.31. The van der Waals surface area contributed by atoms with Gasteiger partial charge in [-0.3, -0.25) is 0 Å². The molecule has 0 aliphatic heterocycles. The number of pyridine rings is 2. The third-order valence-corrected chi connectivity index (χ3v) is 5.67. The molecule has 0 saturated carbocycles. The average molecular weight is 450 g/mol. The van der Waals surface area contributed by atoms with E-state index < -0.39 is 34.1 Å². The average Bonchev–Trinajstić information content (AvgIpc) is 3.33. The molecule has 0 bridgehead atoms. The SMILES string of the molecule is CS(=O)(=O)CCC(c1ccc(-n2cc(-c3nc4ncccc4[nH]3)cn2)nc1)C(F)(F)F. The minimum atomic E-state index is -4.58. The summed E-state index contributed by atoms with van der Waals surface area (Å²) in [4.78, 5) is 15.7. The molecule has 4 rings (SSSR count). The van der Waals surface area contributed by atoms with Crippen LogP contribution in [0.2, 0.25) is 0 Å². The maximum absolute atomic E-state index is 13.4. The van der Waals surface area contributed by atoms with E-state index in [2.05, 4.69) is 25.0 Å². The largest absolute Gasteiger partial charge is 0.395 e. The Morgan fingerprint density at radius 1 is 1.16 bits per heavy atom. The minimum Gasteiger partial charge on any atom is -0.336 e. The Labute approximate surface area is 175 Å². The highest BCUT2D eigenvalue weighted by Crippen LogP contribution is 2.37. The van der Waals surface area contributed by atoms with Crippen molar-refractivity contribution in [2.24, 2.45) is 0 Å². The lowest BCUT2D eigenvalue weighted by Gasteiger charge is -2.20. The first kappa shape index (κ1) is 21.0. The van der Waals surface area contributed by atoms with Crippen LogP contribution in [0.1, 0.15) is 17.9 Å². The highest BCUT2D eigenvalue weighted by molar-refractivity contribution is 7.90. The summed E-state index contributed by atoms with van der Waals surface area (Å²) in [5, 5.41) is 4.20. The molecule has 4 aromatic heterocycles. The Morgan fingerprint density at radius 3 is 2.61 bits per heavy atom. The second-order valence-electron chi connectivity index (χ2n) is 7.10. The van der Waals surface area contributed by atoms with Crippen LogP contribution in [0, 0.1) is 0 Å². The number of sulfone groups is 1. The number of aromatic amines is 1. The van der Waals surface area contributed by atoms with Crippen molar-refractivity contribution < 1.29 is 21.6 Å². The number of alkyl halides is 3. The van der Waals surface area contributed by atoms with Gasteiger partial charge in [-0.05, 0) is 30.2 Å². The van der Waals surface area contributed by atoms with Gasteiger partial charge in [0.05, 0.1) is 28.9 Å². The van der Waals surface area contributed by atoms with Crippen molar-refractivity contribution in [2.75, 3.05) is 12.0 Å². The lowest BCUT2D eigenvalue weighted by molar-refractivity contribution is -0.150. The molecule has 1 atom stereocenters. The van der Waals surface area contributed by atoms with Gasteiger partial charge in [-0.2, -0.15) is 18.3 Å². The molecule has 8 nitrogen and oxygen atoms in total. The topological polar surface area (TPSA) is 106 Å². The fourth-order valence-corrected chi connectivity index (χ4v) is 3.81. The normalized spacial score (nSPS) is 13.5. The number of hydrogen-bond donors (Lipinski definition) is 1. The van der Waals surface area contributed by atoms with Crippen LogP contribution in [0.5, 0.6) is 0 Å². The van der Waals surface area contributed by atoms with Gasteiger partial charge in [0.25, 0.3) is 0 Å². The Kier molecular flexibility index (Phi) is 5.25. The van der Waals surface area contributed by atoms with Crippen molar-refractivity contribution in [3.05, 3.63) is 54.6 Å². The number of rotatable bonds is 6. The zero-order valence-corrected chi connectivity index (χ0v) is 17.0. The highest BCUT2D eigenvalue weighted by Gasteiger charge is 2.41. The number of aromatic nitrogens is 6. The predicted octanol–water partition coefficient (Wildman–Crippen LogP) is 3.29. The Balaban J connectivity index is 1.57. The van der Waals surface area contributed by atoms with E-state index in [1.54, 1.807) is 24.7 Å². The number of fused-ring (bicyclic) bond motifs is 1. The van der Waals surface area contributed by atoms with Crippen LogP contribution in [-0.4, -0.2) is 56.3 Å². The predicted molar refractivity (Wildman–Crippen MR) is 107 cm³/mol. The van der Waals surface area contributed by atoms with Crippen LogP contribution < -0.4 is 0 Å². The molecule has 0 fully saturated rings. The lowest BCUT2D eigenvalue weighted by Crippen LogP contribution is -2.23. The summed E-state index contributed by atoms with van der Waals surface area (Å²) < 4.78 is 64.3. The second kappa shape index (κ2) is 7.76. The molecule has 0 aliphatic rings. The van der Waals surface area contributed by atoms with Gasteiger partial charge in [-0.25, -0.2) is 28.1 Å². The molecule has 1 unspecified atom stereocenters. The van der Waals surface area contributed by atoms with Crippen molar-refractivity contribution in [1.29, 1.82) is 0 Å². The Hall–Kier alpha value is -3.28. The zero-order valence-electron chi connectivity index (χ0n) is 16.2. The maximum Gasteiger partial charge on any atom is 0.395 e. The van der Waals surface area contributed by atoms with Crippen LogP contribution >= 0.6 is 0 Å². The summed E-state index contributed by atoms with van der Waals surface area (Å²) >= 11 is 0. The van der Waals surface area contributed by atoms with Crippen LogP contribution in [0.25, 0.3) is 28.4 Å². The van der Waals surface area contributed by atoms with Crippen LogP contribution in [0.15, 0.2) is 49.1 Å². The summed E-state index contributed by atoms with van der Waals surface area (Å²) in [6.45, 7) is 0. The lowest BCUT2D eigenvalue weighted by atomic mass is 9.97. The molecule has 162 valence electrons. The fraction of sp³-hybridized carbons (Fsp3) is 0.263. The quantitative estimate of drug-likeness (QED) is 0.483. The second-order valence-corrected chi connectivity index (χ2v) is 9.36. The minimum absolute atomic E-state index is 0.101. The van der Waals surface area contributed by atoms with Gasteiger partial charge in [0.2, 0.25) is 0 Å². The third kappa shape index (κ3) is 4.74. The van der Waals surface area contributed by atoms with Gasteiger partial charge in [0.1, 0.15) is 15.7 Å². The van der Waals surface area contributed by atoms with E-state index in [9.17, 15) is 21.6 Å². The summed E-state index contributed by atoms with van der Waals surface area (Å²) in [5.74, 6) is -1.61. The molecule has 4 heterocycles. The molecular weight excluding hydrogens is 433 g/mol. The number of nitrogens with one attached hydrogen (secondary N) is 1. The molecule has 31 heavy (non-hydrogen) atoms. The monoisotopic (exact) mass is 450 g/mol. The van der Waals surface area contributed by atoms with E-state index in [0.717, 1.165) is 18.0 Å². The van der Waals surface area contributed by atoms with Gasteiger partial charge < -0.3 is 4.98 Å². The van der Waals surface area contributed by atoms with Crippen molar-refractivity contribution in [3.8, 4) is 17.2 Å². The molecule has 0 aromatic carbocycles. The van der Waals surface area contributed by atoms with Gasteiger partial charge in [-0.1, -0.05) is 6.07 Å². The van der Waals surface area contributed by atoms with Crippen molar-refractivity contribution >= 4 is 21.0 Å². The van der Waals surface area contributed by atoms with Crippen LogP contribution in [0.3, 0.4) is 0 Å². The number of nitrogens with zero attached hydrogens (tertiary/aromatic N) is 5. The maximum atomic E-state index is 13.4. The standard InChI is InChI=1S/C19H17F3N6O2S/c1-31(29,30)8-6-14(19(20,21)22)12-4-5-16(24-9-12)28-11-13(10-25-28)17-26-15-3-2-7-23-18(15)27-17/h2-5,7,9-11,14H,6,8H2,1H3,(H,23,26,27). The van der Waals surface area contributed by atoms with Gasteiger partial charge in [0, 0.05) is 24.8 Å². The first-order valence-electron chi connectivity index (χ1n) is 9.17. The Morgan fingerprint density at radius 2 is 1.97 bits per heavy atom. The van der Waals surface area contributed by atoms with Crippen molar-refractivity contribution in [2.45, 2.75) is 18.5 Å². The summed E-state index contributed by atoms with van der Waals surface area (Å²) in [6.07, 6.45) is 1.70. The summed E-state index contributed by atoms with van der Waals surface area (Å²) in [7, 11) is -3.52. The smallest absolute Gasteiger partial charge is 0.336 e. The fourth-order valence-electron chi connectivity index (χ4n) is 3.14. The van der Waals surface area contributed by atoms with Crippen molar-refractivity contribution in [1.82, 2.24) is 29.7 Å². The van der Waals surface area contributed by atoms with Crippen molar-refractivity contribution in [3.63, 3.8) is 0 Å².